The van der Waals surface area contributed by atoms with Crippen LogP contribution < -0.4 is 10.6 Å². The van der Waals surface area contributed by atoms with Crippen molar-refractivity contribution in [1.29, 1.82) is 0 Å². The molecule has 3 aromatic rings. The van der Waals surface area contributed by atoms with E-state index in [1.165, 1.54) is 12.7 Å². The summed E-state index contributed by atoms with van der Waals surface area (Å²) in [5, 5.41) is 6.46. The summed E-state index contributed by atoms with van der Waals surface area (Å²) in [6.07, 6.45) is 1.00. The lowest BCUT2D eigenvalue weighted by molar-refractivity contribution is 0.0601. The van der Waals surface area contributed by atoms with E-state index in [-0.39, 0.29) is 5.97 Å². The summed E-state index contributed by atoms with van der Waals surface area (Å²) in [4.78, 5) is 20.5. The highest BCUT2D eigenvalue weighted by Crippen LogP contribution is 2.20. The van der Waals surface area contributed by atoms with E-state index in [2.05, 4.69) is 39.7 Å². The van der Waals surface area contributed by atoms with Gasteiger partial charge in [0.2, 0.25) is 5.95 Å². The van der Waals surface area contributed by atoms with Gasteiger partial charge < -0.3 is 15.4 Å². The standard InChI is InChI=1S/C21H22N4O2/c1-4-15-5-9-18(10-6-15)24-21-22-14(2)13-19(25-21)23-17-11-7-16(8-12-17)20(26)27-3/h5-13H,4H2,1-3H3,(H2,22,23,24,25). The summed E-state index contributed by atoms with van der Waals surface area (Å²) < 4.78 is 4.71. The molecule has 1 aromatic heterocycles. The highest BCUT2D eigenvalue weighted by molar-refractivity contribution is 5.89. The van der Waals surface area contributed by atoms with Crippen LogP contribution in [0.1, 0.15) is 28.5 Å². The van der Waals surface area contributed by atoms with Gasteiger partial charge in [0.1, 0.15) is 5.82 Å². The molecule has 0 spiro atoms. The number of aryl methyl sites for hydroxylation is 2. The second-order valence-corrected chi connectivity index (χ2v) is 6.09. The van der Waals surface area contributed by atoms with E-state index in [0.717, 1.165) is 23.5 Å². The van der Waals surface area contributed by atoms with Gasteiger partial charge in [-0.15, -0.1) is 0 Å². The Morgan fingerprint density at radius 3 is 2.22 bits per heavy atom. The number of rotatable bonds is 6. The molecule has 0 atom stereocenters. The number of esters is 1. The highest BCUT2D eigenvalue weighted by atomic mass is 16.5. The predicted octanol–water partition coefficient (Wildman–Crippen LogP) is 4.62. The Morgan fingerprint density at radius 2 is 1.59 bits per heavy atom. The fourth-order valence-electron chi connectivity index (χ4n) is 2.60. The summed E-state index contributed by atoms with van der Waals surface area (Å²) in [5.74, 6) is 0.828. The van der Waals surface area contributed by atoms with Crippen molar-refractivity contribution in [3.63, 3.8) is 0 Å². The number of benzene rings is 2. The van der Waals surface area contributed by atoms with Crippen LogP contribution >= 0.6 is 0 Å². The minimum Gasteiger partial charge on any atom is -0.465 e. The van der Waals surface area contributed by atoms with Crippen LogP contribution in [-0.2, 0) is 11.2 Å². The Hall–Kier alpha value is -3.41. The van der Waals surface area contributed by atoms with Crippen molar-refractivity contribution in [3.05, 3.63) is 71.4 Å². The zero-order valence-corrected chi connectivity index (χ0v) is 15.6. The van der Waals surface area contributed by atoms with E-state index in [9.17, 15) is 4.79 Å². The van der Waals surface area contributed by atoms with Crippen molar-refractivity contribution < 1.29 is 9.53 Å². The Balaban J connectivity index is 1.75. The molecule has 0 fully saturated rings. The molecule has 0 aliphatic heterocycles. The zero-order chi connectivity index (χ0) is 19.2. The molecule has 0 amide bonds. The van der Waals surface area contributed by atoms with Gasteiger partial charge in [0.25, 0.3) is 0 Å². The highest BCUT2D eigenvalue weighted by Gasteiger charge is 2.06. The molecule has 27 heavy (non-hydrogen) atoms. The van der Waals surface area contributed by atoms with Crippen LogP contribution in [0.2, 0.25) is 0 Å². The number of hydrogen-bond donors (Lipinski definition) is 2. The first-order valence-electron chi connectivity index (χ1n) is 8.74. The SMILES string of the molecule is CCc1ccc(Nc2nc(C)cc(Nc3ccc(C(=O)OC)cc3)n2)cc1. The van der Waals surface area contributed by atoms with Crippen LogP contribution in [0.4, 0.5) is 23.1 Å². The molecule has 3 rings (SSSR count). The van der Waals surface area contributed by atoms with Gasteiger partial charge in [-0.2, -0.15) is 4.98 Å². The maximum Gasteiger partial charge on any atom is 0.337 e. The van der Waals surface area contributed by atoms with Crippen molar-refractivity contribution in [2.24, 2.45) is 0 Å². The van der Waals surface area contributed by atoms with Gasteiger partial charge in [0, 0.05) is 23.1 Å². The number of nitrogens with zero attached hydrogens (tertiary/aromatic N) is 2. The number of carbonyl (C=O) groups excluding carboxylic acids is 1. The molecule has 1 heterocycles. The predicted molar refractivity (Wildman–Crippen MR) is 107 cm³/mol. The number of carbonyl (C=O) groups is 1. The van der Waals surface area contributed by atoms with Gasteiger partial charge in [-0.1, -0.05) is 19.1 Å². The lowest BCUT2D eigenvalue weighted by atomic mass is 10.1. The number of aromatic nitrogens is 2. The van der Waals surface area contributed by atoms with E-state index in [4.69, 9.17) is 4.74 Å². The Morgan fingerprint density at radius 1 is 0.963 bits per heavy atom. The summed E-state index contributed by atoms with van der Waals surface area (Å²) >= 11 is 0. The van der Waals surface area contributed by atoms with E-state index < -0.39 is 0 Å². The second-order valence-electron chi connectivity index (χ2n) is 6.09. The van der Waals surface area contributed by atoms with E-state index in [1.807, 2.05) is 25.1 Å². The molecule has 2 N–H and O–H groups in total. The van der Waals surface area contributed by atoms with Crippen molar-refractivity contribution >= 4 is 29.1 Å². The third-order valence-corrected chi connectivity index (χ3v) is 4.05. The molecule has 0 aliphatic rings. The van der Waals surface area contributed by atoms with Crippen LogP contribution in [-0.4, -0.2) is 23.0 Å². The first kappa shape index (κ1) is 18.4. The molecule has 0 bridgehead atoms. The molecule has 6 heteroatoms. The first-order chi connectivity index (χ1) is 13.1. The third-order valence-electron chi connectivity index (χ3n) is 4.05. The fourth-order valence-corrected chi connectivity index (χ4v) is 2.60. The van der Waals surface area contributed by atoms with Gasteiger partial charge in [-0.3, -0.25) is 0 Å². The third kappa shape index (κ3) is 4.82. The lowest BCUT2D eigenvalue weighted by Gasteiger charge is -2.10. The van der Waals surface area contributed by atoms with Gasteiger partial charge in [-0.25, -0.2) is 9.78 Å². The summed E-state index contributed by atoms with van der Waals surface area (Å²) in [6, 6.07) is 17.1. The number of methoxy groups -OCH3 is 1. The molecule has 0 saturated heterocycles. The Kier molecular flexibility index (Phi) is 5.66. The molecule has 6 nitrogen and oxygen atoms in total. The van der Waals surface area contributed by atoms with Crippen LogP contribution in [0, 0.1) is 6.92 Å². The minimum atomic E-state index is -0.361. The maximum absolute atomic E-state index is 11.5. The van der Waals surface area contributed by atoms with Crippen LogP contribution in [0.15, 0.2) is 54.6 Å². The van der Waals surface area contributed by atoms with Crippen molar-refractivity contribution in [2.45, 2.75) is 20.3 Å². The van der Waals surface area contributed by atoms with Gasteiger partial charge in [0.05, 0.1) is 12.7 Å². The molecule has 0 aliphatic carbocycles. The number of nitrogens with one attached hydrogen (secondary N) is 2. The summed E-state index contributed by atoms with van der Waals surface area (Å²) in [7, 11) is 1.36. The van der Waals surface area contributed by atoms with Crippen LogP contribution in [0.3, 0.4) is 0 Å². The smallest absolute Gasteiger partial charge is 0.337 e. The van der Waals surface area contributed by atoms with Crippen LogP contribution in [0.25, 0.3) is 0 Å². The molecule has 0 radical (unpaired) electrons. The minimum absolute atomic E-state index is 0.361. The summed E-state index contributed by atoms with van der Waals surface area (Å²) in [6.45, 7) is 4.04. The van der Waals surface area contributed by atoms with Gasteiger partial charge in [-0.05, 0) is 55.3 Å². The fraction of sp³-hybridized carbons (Fsp3) is 0.190. The number of anilines is 4. The maximum atomic E-state index is 11.5. The zero-order valence-electron chi connectivity index (χ0n) is 15.6. The molecule has 0 saturated carbocycles. The normalized spacial score (nSPS) is 10.3. The van der Waals surface area contributed by atoms with Crippen molar-refractivity contribution in [1.82, 2.24) is 9.97 Å². The molecule has 0 unspecified atom stereocenters. The topological polar surface area (TPSA) is 76.1 Å². The van der Waals surface area contributed by atoms with E-state index in [0.29, 0.717) is 17.3 Å². The van der Waals surface area contributed by atoms with E-state index in [1.54, 1.807) is 24.3 Å². The molecular weight excluding hydrogens is 340 g/mol. The van der Waals surface area contributed by atoms with Crippen molar-refractivity contribution in [2.75, 3.05) is 17.7 Å². The van der Waals surface area contributed by atoms with Crippen molar-refractivity contribution in [3.8, 4) is 0 Å². The Labute approximate surface area is 158 Å². The van der Waals surface area contributed by atoms with Gasteiger partial charge >= 0.3 is 5.97 Å². The number of ether oxygens (including phenoxy) is 1. The van der Waals surface area contributed by atoms with Crippen LogP contribution in [0.5, 0.6) is 0 Å². The van der Waals surface area contributed by atoms with E-state index >= 15 is 0 Å². The first-order valence-corrected chi connectivity index (χ1v) is 8.74. The quantitative estimate of drug-likeness (QED) is 0.623. The average molecular weight is 362 g/mol. The number of hydrogen-bond acceptors (Lipinski definition) is 6. The molecule has 2 aromatic carbocycles. The largest absolute Gasteiger partial charge is 0.465 e. The monoisotopic (exact) mass is 362 g/mol. The lowest BCUT2D eigenvalue weighted by Crippen LogP contribution is -2.03. The second kappa shape index (κ2) is 8.31. The average Bonchev–Trinajstić information content (AvgIpc) is 2.68. The molecular formula is C21H22N4O2. The Bertz CT molecular complexity index is 922. The summed E-state index contributed by atoms with van der Waals surface area (Å²) in [5.41, 5.74) is 4.37. The van der Waals surface area contributed by atoms with Gasteiger partial charge in [0.15, 0.2) is 0 Å². The molecule has 138 valence electrons.